The van der Waals surface area contributed by atoms with Gasteiger partial charge in [0.05, 0.1) is 24.2 Å². The number of hydrogen-bond acceptors (Lipinski definition) is 5. The van der Waals surface area contributed by atoms with Crippen LogP contribution in [0.4, 0.5) is 0 Å². The molecule has 0 N–H and O–H groups in total. The van der Waals surface area contributed by atoms with Gasteiger partial charge in [0, 0.05) is 91.3 Å². The van der Waals surface area contributed by atoms with E-state index in [1.807, 2.05) is 122 Å². The van der Waals surface area contributed by atoms with Crippen LogP contribution in [0.15, 0.2) is 195 Å². The Hall–Kier alpha value is -5.55. The zero-order valence-corrected chi connectivity index (χ0v) is 63.7. The Morgan fingerprint density at radius 3 is 0.910 bits per heavy atom. The summed E-state index contributed by atoms with van der Waals surface area (Å²) in [6.45, 7) is 20.9. The summed E-state index contributed by atoms with van der Waals surface area (Å²) in [5.74, 6) is 0.688. The van der Waals surface area contributed by atoms with Crippen LogP contribution in [-0.2, 0) is 66.7 Å². The minimum Gasteiger partial charge on any atom is -0.305 e. The fourth-order valence-corrected chi connectivity index (χ4v) is 25.5. The normalized spacial score (nSPS) is 14.6. The van der Waals surface area contributed by atoms with Crippen molar-refractivity contribution < 1.29 is 60.3 Å². The summed E-state index contributed by atoms with van der Waals surface area (Å²) in [6, 6.07) is 79.8. The Morgan fingerprint density at radius 1 is 0.360 bits per heavy atom. The van der Waals surface area contributed by atoms with Gasteiger partial charge in [-0.1, -0.05) is 166 Å². The van der Waals surface area contributed by atoms with Crippen molar-refractivity contribution >= 4 is 39.8 Å². The first-order chi connectivity index (χ1) is 41.7. The quantitative estimate of drug-likeness (QED) is 0.101. The summed E-state index contributed by atoms with van der Waals surface area (Å²) >= 11 is 0. The van der Waals surface area contributed by atoms with Crippen LogP contribution >= 0.6 is 0 Å². The van der Waals surface area contributed by atoms with Crippen LogP contribution < -0.4 is 15.6 Å². The second-order valence-electron chi connectivity index (χ2n) is 25.2. The minimum atomic E-state index is -1.27. The summed E-state index contributed by atoms with van der Waals surface area (Å²) in [6.07, 6.45) is 19.8. The van der Waals surface area contributed by atoms with Crippen LogP contribution in [0, 0.1) is 63.9 Å². The number of nitrogens with zero attached hydrogens (tertiary/aromatic N) is 5. The molecule has 0 atom stereocenters. The van der Waals surface area contributed by atoms with Gasteiger partial charge >= 0.3 is 0 Å². The van der Waals surface area contributed by atoms with Crippen LogP contribution in [0.2, 0.25) is 55.9 Å². The van der Waals surface area contributed by atoms with Crippen molar-refractivity contribution in [2.45, 2.75) is 142 Å². The van der Waals surface area contributed by atoms with Crippen molar-refractivity contribution in [2.75, 3.05) is 0 Å². The minimum absolute atomic E-state index is 0. The Kier molecular flexibility index (Phi) is 28.8. The second kappa shape index (κ2) is 35.3. The van der Waals surface area contributed by atoms with Gasteiger partial charge in [0.25, 0.3) is 0 Å². The van der Waals surface area contributed by atoms with Gasteiger partial charge in [-0.2, -0.15) is 0 Å². The Balaban J connectivity index is 0.000000178. The third kappa shape index (κ3) is 20.2. The third-order valence-electron chi connectivity index (χ3n) is 17.7. The molecule has 89 heavy (non-hydrogen) atoms. The fourth-order valence-electron chi connectivity index (χ4n) is 12.9. The Morgan fingerprint density at radius 2 is 0.640 bits per heavy atom. The molecule has 13 rings (SSSR count). The number of benzene rings is 5. The van der Waals surface area contributed by atoms with Gasteiger partial charge < -0.3 is 24.9 Å². The SMILES string of the molecule is CC(C)Cc1cc(-c2[c-]cccc2)ncc1[Si]1(C)CCCC1.Cc1cc(-c2[c-]cccc2)ncc1[Si]1(C)CCCC1.Cc1cc(-c2[c-]cccc2)ncc1[Si]1(C)CCCC1.Cc1ccnc(-c2[c-]cccc2)c1.Cc1ccnc(-c2[c-]cccc2)c1.[Ir].[Ir].[Ir]. The van der Waals surface area contributed by atoms with E-state index in [2.05, 4.69) is 175 Å². The fraction of sp³-hybridized carbons (Fsp3) is 0.295. The third-order valence-corrected chi connectivity index (χ3v) is 31.8. The zero-order chi connectivity index (χ0) is 60.4. The van der Waals surface area contributed by atoms with Crippen LogP contribution in [0.1, 0.15) is 80.2 Å². The number of rotatable bonds is 10. The molecule has 3 aliphatic rings. The molecule has 3 saturated heterocycles. The molecule has 0 aliphatic carbocycles. The van der Waals surface area contributed by atoms with Gasteiger partial charge in [0.2, 0.25) is 0 Å². The maximum absolute atomic E-state index is 4.81. The van der Waals surface area contributed by atoms with E-state index in [1.165, 1.54) is 103 Å². The standard InChI is InChI=1S/C20H26NSi.2C17H20NSi.2C12H10N.3Ir/c1-16(2)13-18-14-19(17-9-5-4-6-10-17)21-15-20(18)22(3)11-7-8-12-22;2*1-14-12-16(15-8-4-3-5-9-15)18-13-17(14)19(2)10-6-7-11-19;2*1-10-7-8-13-12(9-10)11-5-3-2-4-6-11;;;/h4-6,9,14-16H,7-8,11-13H2,1-3H3;2*3-5,8,12-13H,6-7,10-11H2,1-2H3;2*2-5,7-9H,1H3;;;/q5*-1;;;. The van der Waals surface area contributed by atoms with Crippen LogP contribution in [-0.4, -0.2) is 49.1 Å². The first kappa shape index (κ1) is 72.5. The van der Waals surface area contributed by atoms with Crippen molar-refractivity contribution in [1.82, 2.24) is 24.9 Å². The van der Waals surface area contributed by atoms with E-state index in [9.17, 15) is 0 Å². The Bertz CT molecular complexity index is 3520. The molecular weight excluding hydrogens is 1670 g/mol. The number of pyridine rings is 5. The van der Waals surface area contributed by atoms with Crippen LogP contribution in [0.25, 0.3) is 56.3 Å². The molecule has 8 heterocycles. The van der Waals surface area contributed by atoms with Gasteiger partial charge in [0.1, 0.15) is 0 Å². The van der Waals surface area contributed by atoms with Gasteiger partial charge in [0.15, 0.2) is 0 Å². The molecule has 0 spiro atoms. The molecule has 10 aromatic rings. The summed E-state index contributed by atoms with van der Waals surface area (Å²) in [7, 11) is -3.68. The molecule has 3 aliphatic heterocycles. The van der Waals surface area contributed by atoms with E-state index in [0.717, 1.165) is 56.3 Å². The van der Waals surface area contributed by atoms with Crippen LogP contribution in [0.5, 0.6) is 0 Å². The molecule has 5 aromatic carbocycles. The maximum atomic E-state index is 4.81. The topological polar surface area (TPSA) is 64.5 Å². The molecule has 5 aromatic heterocycles. The van der Waals surface area contributed by atoms with Gasteiger partial charge in [-0.25, -0.2) is 0 Å². The molecule has 0 unspecified atom stereocenters. The van der Waals surface area contributed by atoms with Gasteiger partial charge in [-0.05, 0) is 96.2 Å². The molecular formula is C78H86Ir3N5Si3-5. The van der Waals surface area contributed by atoms with E-state index in [1.54, 1.807) is 21.1 Å². The van der Waals surface area contributed by atoms with E-state index in [-0.39, 0.29) is 60.3 Å². The van der Waals surface area contributed by atoms with E-state index >= 15 is 0 Å². The van der Waals surface area contributed by atoms with Crippen molar-refractivity contribution in [1.29, 1.82) is 0 Å². The summed E-state index contributed by atoms with van der Waals surface area (Å²) in [5.41, 5.74) is 17.4. The maximum Gasteiger partial charge on any atom is 0.0859 e. The van der Waals surface area contributed by atoms with E-state index < -0.39 is 24.2 Å². The number of aromatic nitrogens is 5. The first-order valence-corrected chi connectivity index (χ1v) is 40.1. The largest absolute Gasteiger partial charge is 0.305 e. The van der Waals surface area contributed by atoms with E-state index in [4.69, 9.17) is 15.0 Å². The molecule has 11 heteroatoms. The molecule has 0 saturated carbocycles. The summed E-state index contributed by atoms with van der Waals surface area (Å²) < 4.78 is 0. The molecule has 3 radical (unpaired) electrons. The van der Waals surface area contributed by atoms with Crippen molar-refractivity contribution in [2.24, 2.45) is 5.92 Å². The van der Waals surface area contributed by atoms with Crippen LogP contribution in [0.3, 0.4) is 0 Å². The monoisotopic (exact) mass is 1760 g/mol. The zero-order valence-electron chi connectivity index (χ0n) is 53.5. The molecule has 3 fully saturated rings. The van der Waals surface area contributed by atoms with Crippen molar-refractivity contribution in [3.05, 3.63) is 253 Å². The van der Waals surface area contributed by atoms with Crippen molar-refractivity contribution in [3.63, 3.8) is 0 Å². The molecule has 5 nitrogen and oxygen atoms in total. The molecule has 0 amide bonds. The molecule has 0 bridgehead atoms. The smallest absolute Gasteiger partial charge is 0.0859 e. The predicted molar refractivity (Wildman–Crippen MR) is 370 cm³/mol. The Labute approximate surface area is 577 Å². The summed E-state index contributed by atoms with van der Waals surface area (Å²) in [4.78, 5) is 22.8. The summed E-state index contributed by atoms with van der Waals surface area (Å²) in [5, 5.41) is 4.77. The predicted octanol–water partition coefficient (Wildman–Crippen LogP) is 18.4. The second-order valence-corrected chi connectivity index (χ2v) is 39.2. The first-order valence-electron chi connectivity index (χ1n) is 31.3. The van der Waals surface area contributed by atoms with Gasteiger partial charge in [-0.3, -0.25) is 0 Å². The average Bonchev–Trinajstić information content (AvgIpc) is 2.02. The molecule has 467 valence electrons. The number of aryl methyl sites for hydroxylation is 4. The average molecular weight is 1750 g/mol. The van der Waals surface area contributed by atoms with Gasteiger partial charge in [-0.15, -0.1) is 179 Å². The van der Waals surface area contributed by atoms with E-state index in [0.29, 0.717) is 5.92 Å². The van der Waals surface area contributed by atoms with Crippen molar-refractivity contribution in [3.8, 4) is 56.3 Å². The number of hydrogen-bond donors (Lipinski definition) is 0.